The monoisotopic (exact) mass is 329 g/mol. The SMILES string of the molecule is CCCc1nc([C@H]2CN(C(=O)CCc3ccccn3)CCO2)n[nH]1. The van der Waals surface area contributed by atoms with Gasteiger partial charge in [0.2, 0.25) is 5.91 Å². The Morgan fingerprint density at radius 1 is 1.42 bits per heavy atom. The first kappa shape index (κ1) is 16.6. The lowest BCUT2D eigenvalue weighted by molar-refractivity contribution is -0.139. The highest BCUT2D eigenvalue weighted by Crippen LogP contribution is 2.20. The third-order valence-corrected chi connectivity index (χ3v) is 4.06. The molecule has 0 aromatic carbocycles. The quantitative estimate of drug-likeness (QED) is 0.872. The third kappa shape index (κ3) is 4.17. The fraction of sp³-hybridized carbons (Fsp3) is 0.529. The van der Waals surface area contributed by atoms with E-state index in [9.17, 15) is 4.79 Å². The van der Waals surface area contributed by atoms with Gasteiger partial charge < -0.3 is 9.64 Å². The molecule has 2 aromatic heterocycles. The smallest absolute Gasteiger partial charge is 0.223 e. The molecule has 0 aliphatic carbocycles. The Morgan fingerprint density at radius 2 is 2.33 bits per heavy atom. The van der Waals surface area contributed by atoms with Gasteiger partial charge in [-0.1, -0.05) is 13.0 Å². The molecule has 2 aromatic rings. The largest absolute Gasteiger partial charge is 0.366 e. The number of ether oxygens (including phenoxy) is 1. The maximum atomic E-state index is 12.4. The van der Waals surface area contributed by atoms with Gasteiger partial charge in [0.25, 0.3) is 0 Å². The lowest BCUT2D eigenvalue weighted by atomic mass is 10.2. The van der Waals surface area contributed by atoms with Gasteiger partial charge in [-0.25, -0.2) is 4.98 Å². The molecule has 0 radical (unpaired) electrons. The van der Waals surface area contributed by atoms with Crippen LogP contribution in [0.2, 0.25) is 0 Å². The average molecular weight is 329 g/mol. The third-order valence-electron chi connectivity index (χ3n) is 4.06. The zero-order chi connectivity index (χ0) is 16.8. The van der Waals surface area contributed by atoms with E-state index < -0.39 is 0 Å². The Kier molecular flexibility index (Phi) is 5.53. The summed E-state index contributed by atoms with van der Waals surface area (Å²) in [6.07, 6.45) is 4.49. The number of aromatic nitrogens is 4. The number of amides is 1. The van der Waals surface area contributed by atoms with E-state index in [-0.39, 0.29) is 12.0 Å². The van der Waals surface area contributed by atoms with Crippen LogP contribution in [0.5, 0.6) is 0 Å². The lowest BCUT2D eigenvalue weighted by Gasteiger charge is -2.31. The molecule has 24 heavy (non-hydrogen) atoms. The molecule has 0 unspecified atom stereocenters. The molecule has 128 valence electrons. The summed E-state index contributed by atoms with van der Waals surface area (Å²) in [5.41, 5.74) is 0.939. The second-order valence-corrected chi connectivity index (χ2v) is 5.91. The second kappa shape index (κ2) is 8.01. The molecule has 1 atom stereocenters. The summed E-state index contributed by atoms with van der Waals surface area (Å²) in [6.45, 7) is 3.73. The number of carbonyl (C=O) groups is 1. The second-order valence-electron chi connectivity index (χ2n) is 5.91. The van der Waals surface area contributed by atoms with Gasteiger partial charge >= 0.3 is 0 Å². The summed E-state index contributed by atoms with van der Waals surface area (Å²) >= 11 is 0. The Bertz CT molecular complexity index is 658. The molecule has 1 fully saturated rings. The topological polar surface area (TPSA) is 84.0 Å². The van der Waals surface area contributed by atoms with Gasteiger partial charge in [-0.2, -0.15) is 5.10 Å². The Hall–Kier alpha value is -2.28. The minimum atomic E-state index is -0.251. The van der Waals surface area contributed by atoms with E-state index in [2.05, 4.69) is 27.1 Å². The van der Waals surface area contributed by atoms with Gasteiger partial charge in [0.1, 0.15) is 11.9 Å². The molecule has 1 amide bonds. The minimum absolute atomic E-state index is 0.123. The zero-order valence-electron chi connectivity index (χ0n) is 13.9. The van der Waals surface area contributed by atoms with E-state index in [0.717, 1.165) is 24.4 Å². The number of hydrogen-bond donors (Lipinski definition) is 1. The van der Waals surface area contributed by atoms with Crippen LogP contribution in [-0.4, -0.2) is 50.7 Å². The van der Waals surface area contributed by atoms with Crippen LogP contribution < -0.4 is 0 Å². The van der Waals surface area contributed by atoms with E-state index in [4.69, 9.17) is 4.74 Å². The normalized spacial score (nSPS) is 17.9. The van der Waals surface area contributed by atoms with Crippen molar-refractivity contribution in [2.24, 2.45) is 0 Å². The van der Waals surface area contributed by atoms with E-state index in [1.165, 1.54) is 0 Å². The van der Waals surface area contributed by atoms with E-state index in [1.54, 1.807) is 6.20 Å². The van der Waals surface area contributed by atoms with Crippen LogP contribution in [0, 0.1) is 0 Å². The van der Waals surface area contributed by atoms with Crippen molar-refractivity contribution in [2.75, 3.05) is 19.7 Å². The van der Waals surface area contributed by atoms with Crippen LogP contribution in [0.25, 0.3) is 0 Å². The number of morpholine rings is 1. The number of H-pyrrole nitrogens is 1. The van der Waals surface area contributed by atoms with E-state index >= 15 is 0 Å². The Morgan fingerprint density at radius 3 is 3.12 bits per heavy atom. The number of carbonyl (C=O) groups excluding carboxylic acids is 1. The predicted octanol–water partition coefficient (Wildman–Crippen LogP) is 1.68. The van der Waals surface area contributed by atoms with Crippen LogP contribution in [-0.2, 0) is 22.4 Å². The van der Waals surface area contributed by atoms with Gasteiger partial charge in [-0.15, -0.1) is 0 Å². The molecule has 3 rings (SSSR count). The number of aryl methyl sites for hydroxylation is 2. The predicted molar refractivity (Wildman–Crippen MR) is 88.2 cm³/mol. The van der Waals surface area contributed by atoms with Crippen molar-refractivity contribution >= 4 is 5.91 Å². The highest BCUT2D eigenvalue weighted by Gasteiger charge is 2.27. The van der Waals surface area contributed by atoms with Crippen molar-refractivity contribution < 1.29 is 9.53 Å². The summed E-state index contributed by atoms with van der Waals surface area (Å²) < 4.78 is 5.75. The van der Waals surface area contributed by atoms with Crippen LogP contribution in [0.1, 0.15) is 43.2 Å². The summed E-state index contributed by atoms with van der Waals surface area (Å²) in [5, 5.41) is 7.18. The molecule has 1 aliphatic heterocycles. The van der Waals surface area contributed by atoms with Crippen LogP contribution in [0.3, 0.4) is 0 Å². The molecule has 1 aliphatic rings. The van der Waals surface area contributed by atoms with Gasteiger partial charge in [-0.05, 0) is 25.0 Å². The molecule has 7 nitrogen and oxygen atoms in total. The van der Waals surface area contributed by atoms with Crippen molar-refractivity contribution in [3.05, 3.63) is 41.7 Å². The summed E-state index contributed by atoms with van der Waals surface area (Å²) in [6, 6.07) is 5.76. The number of rotatable bonds is 6. The number of pyridine rings is 1. The van der Waals surface area contributed by atoms with E-state index in [1.807, 2.05) is 23.1 Å². The highest BCUT2D eigenvalue weighted by molar-refractivity contribution is 5.76. The highest BCUT2D eigenvalue weighted by atomic mass is 16.5. The molecule has 1 N–H and O–H groups in total. The molecule has 3 heterocycles. The molecule has 0 spiro atoms. The van der Waals surface area contributed by atoms with Gasteiger partial charge in [0.15, 0.2) is 5.82 Å². The van der Waals surface area contributed by atoms with Gasteiger partial charge in [0.05, 0.1) is 13.2 Å². The van der Waals surface area contributed by atoms with Crippen molar-refractivity contribution in [3.63, 3.8) is 0 Å². The minimum Gasteiger partial charge on any atom is -0.366 e. The molecule has 1 saturated heterocycles. The standard InChI is InChI=1S/C17H23N5O2/c1-2-5-15-19-17(21-20-15)14-12-22(10-11-24-14)16(23)8-7-13-6-3-4-9-18-13/h3-4,6,9,14H,2,5,7-8,10-12H2,1H3,(H,19,20,21)/t14-/m1/s1. The Labute approximate surface area is 141 Å². The van der Waals surface area contributed by atoms with Crippen molar-refractivity contribution in [2.45, 2.75) is 38.7 Å². The van der Waals surface area contributed by atoms with Gasteiger partial charge in [0, 0.05) is 31.3 Å². The maximum Gasteiger partial charge on any atom is 0.223 e. The number of nitrogens with zero attached hydrogens (tertiary/aromatic N) is 4. The van der Waals surface area contributed by atoms with Crippen molar-refractivity contribution in [3.8, 4) is 0 Å². The summed E-state index contributed by atoms with van der Waals surface area (Å²) in [7, 11) is 0. The maximum absolute atomic E-state index is 12.4. The van der Waals surface area contributed by atoms with Crippen molar-refractivity contribution in [1.82, 2.24) is 25.1 Å². The molecule has 7 heteroatoms. The summed E-state index contributed by atoms with van der Waals surface area (Å²) in [4.78, 5) is 23.0. The average Bonchev–Trinajstić information content (AvgIpc) is 3.10. The molecule has 0 bridgehead atoms. The Balaban J connectivity index is 1.55. The fourth-order valence-corrected chi connectivity index (χ4v) is 2.77. The molecular weight excluding hydrogens is 306 g/mol. The van der Waals surface area contributed by atoms with Crippen molar-refractivity contribution in [1.29, 1.82) is 0 Å². The zero-order valence-corrected chi connectivity index (χ0v) is 13.9. The fourth-order valence-electron chi connectivity index (χ4n) is 2.77. The molecular formula is C17H23N5O2. The first-order valence-electron chi connectivity index (χ1n) is 8.46. The lowest BCUT2D eigenvalue weighted by Crippen LogP contribution is -2.42. The summed E-state index contributed by atoms with van der Waals surface area (Å²) in [5.74, 6) is 1.63. The van der Waals surface area contributed by atoms with Crippen LogP contribution in [0.4, 0.5) is 0 Å². The van der Waals surface area contributed by atoms with Crippen LogP contribution in [0.15, 0.2) is 24.4 Å². The first-order valence-corrected chi connectivity index (χ1v) is 8.46. The number of nitrogens with one attached hydrogen (secondary N) is 1. The van der Waals surface area contributed by atoms with Crippen LogP contribution >= 0.6 is 0 Å². The van der Waals surface area contributed by atoms with Gasteiger partial charge in [-0.3, -0.25) is 14.9 Å². The number of aromatic amines is 1. The first-order chi connectivity index (χ1) is 11.8. The number of hydrogen-bond acceptors (Lipinski definition) is 5. The van der Waals surface area contributed by atoms with E-state index in [0.29, 0.717) is 38.4 Å². The molecule has 0 saturated carbocycles.